The maximum absolute atomic E-state index is 11.6. The molecule has 0 saturated heterocycles. The lowest BCUT2D eigenvalue weighted by Gasteiger charge is -2.17. The first kappa shape index (κ1) is 13.1. The summed E-state index contributed by atoms with van der Waals surface area (Å²) in [5.74, 6) is 0.937. The van der Waals surface area contributed by atoms with Gasteiger partial charge in [0.15, 0.2) is 0 Å². The van der Waals surface area contributed by atoms with Gasteiger partial charge in [-0.25, -0.2) is 0 Å². The van der Waals surface area contributed by atoms with E-state index in [4.69, 9.17) is 16.0 Å². The van der Waals surface area contributed by atoms with Crippen molar-refractivity contribution in [3.05, 3.63) is 35.2 Å². The molecule has 104 valence electrons. The van der Waals surface area contributed by atoms with E-state index in [0.29, 0.717) is 29.4 Å². The van der Waals surface area contributed by atoms with E-state index in [1.54, 1.807) is 24.0 Å². The lowest BCUT2D eigenvalue weighted by Crippen LogP contribution is -2.30. The number of hydrogen-bond donors (Lipinski definition) is 0. The molecule has 3 rings (SSSR count). The lowest BCUT2D eigenvalue weighted by molar-refractivity contribution is -0.130. The molecule has 0 unspecified atom stereocenters. The predicted octanol–water partition coefficient (Wildman–Crippen LogP) is 2.90. The van der Waals surface area contributed by atoms with Gasteiger partial charge in [-0.1, -0.05) is 11.6 Å². The summed E-state index contributed by atoms with van der Waals surface area (Å²) in [6, 6.07) is 7.52. The van der Waals surface area contributed by atoms with Gasteiger partial charge in [-0.05, 0) is 37.1 Å². The Hall–Kier alpha value is -1.88. The van der Waals surface area contributed by atoms with Gasteiger partial charge in [0, 0.05) is 23.6 Å². The van der Waals surface area contributed by atoms with Crippen LogP contribution >= 0.6 is 11.6 Å². The van der Waals surface area contributed by atoms with Crippen molar-refractivity contribution in [1.82, 2.24) is 15.1 Å². The number of rotatable bonds is 4. The first-order chi connectivity index (χ1) is 9.63. The molecule has 1 aliphatic rings. The zero-order valence-electron chi connectivity index (χ0n) is 11.0. The summed E-state index contributed by atoms with van der Waals surface area (Å²) in [4.78, 5) is 13.3. The Morgan fingerprint density at radius 2 is 2.05 bits per heavy atom. The van der Waals surface area contributed by atoms with Gasteiger partial charge >= 0.3 is 0 Å². The van der Waals surface area contributed by atoms with Crippen molar-refractivity contribution in [3.63, 3.8) is 0 Å². The summed E-state index contributed by atoms with van der Waals surface area (Å²) in [6.07, 6.45) is 2.11. The summed E-state index contributed by atoms with van der Waals surface area (Å²) in [7, 11) is 0. The van der Waals surface area contributed by atoms with Gasteiger partial charge in [0.05, 0.1) is 6.54 Å². The molecule has 0 radical (unpaired) electrons. The second-order valence-corrected chi connectivity index (χ2v) is 5.32. The molecule has 0 bridgehead atoms. The predicted molar refractivity (Wildman–Crippen MR) is 74.0 cm³/mol. The molecule has 1 fully saturated rings. The molecule has 0 atom stereocenters. The van der Waals surface area contributed by atoms with Crippen LogP contribution in [0.4, 0.5) is 0 Å². The molecule has 1 saturated carbocycles. The molecule has 1 amide bonds. The summed E-state index contributed by atoms with van der Waals surface area (Å²) in [5.41, 5.74) is 0.814. The number of aromatic nitrogens is 2. The van der Waals surface area contributed by atoms with Gasteiger partial charge in [0.1, 0.15) is 0 Å². The maximum Gasteiger partial charge on any atom is 0.247 e. The summed E-state index contributed by atoms with van der Waals surface area (Å²) >= 11 is 5.84. The van der Waals surface area contributed by atoms with E-state index >= 15 is 0 Å². The lowest BCUT2D eigenvalue weighted by atomic mass is 10.2. The van der Waals surface area contributed by atoms with Gasteiger partial charge in [0.2, 0.25) is 17.7 Å². The number of carbonyl (C=O) groups excluding carboxylic acids is 1. The number of amides is 1. The van der Waals surface area contributed by atoms with E-state index in [0.717, 1.165) is 18.4 Å². The van der Waals surface area contributed by atoms with Crippen LogP contribution in [0.3, 0.4) is 0 Å². The zero-order chi connectivity index (χ0) is 14.1. The number of hydrogen-bond acceptors (Lipinski definition) is 4. The average molecular weight is 292 g/mol. The molecule has 0 aliphatic heterocycles. The Morgan fingerprint density at radius 1 is 1.35 bits per heavy atom. The van der Waals surface area contributed by atoms with E-state index < -0.39 is 0 Å². The molecule has 5 nitrogen and oxygen atoms in total. The molecule has 1 heterocycles. The van der Waals surface area contributed by atoms with Crippen LogP contribution in [0.25, 0.3) is 11.5 Å². The van der Waals surface area contributed by atoms with Crippen LogP contribution in [0.15, 0.2) is 28.7 Å². The third-order valence-corrected chi connectivity index (χ3v) is 3.51. The summed E-state index contributed by atoms with van der Waals surface area (Å²) in [5, 5.41) is 8.67. The first-order valence-corrected chi connectivity index (χ1v) is 6.87. The molecule has 6 heteroatoms. The highest BCUT2D eigenvalue weighted by Gasteiger charge is 2.31. The standard InChI is InChI=1S/C14H14ClN3O2/c1-9(19)18(12-6-7-12)8-13-16-17-14(20-13)10-2-4-11(15)5-3-10/h2-5,12H,6-8H2,1H3. The molecule has 1 aliphatic carbocycles. The fourth-order valence-corrected chi connectivity index (χ4v) is 2.18. The minimum Gasteiger partial charge on any atom is -0.419 e. The Morgan fingerprint density at radius 3 is 2.65 bits per heavy atom. The van der Waals surface area contributed by atoms with Gasteiger partial charge in [-0.3, -0.25) is 4.79 Å². The molecule has 1 aromatic heterocycles. The Labute approximate surface area is 121 Å². The quantitative estimate of drug-likeness (QED) is 0.869. The molecular formula is C14H14ClN3O2. The minimum absolute atomic E-state index is 0.0405. The fraction of sp³-hybridized carbons (Fsp3) is 0.357. The number of carbonyl (C=O) groups is 1. The van der Waals surface area contributed by atoms with E-state index in [9.17, 15) is 4.79 Å². The molecule has 20 heavy (non-hydrogen) atoms. The van der Waals surface area contributed by atoms with Crippen molar-refractivity contribution >= 4 is 17.5 Å². The molecule has 0 spiro atoms. The maximum atomic E-state index is 11.6. The van der Waals surface area contributed by atoms with Crippen LogP contribution in [0.5, 0.6) is 0 Å². The van der Waals surface area contributed by atoms with E-state index in [-0.39, 0.29) is 5.91 Å². The third kappa shape index (κ3) is 2.82. The minimum atomic E-state index is 0.0405. The number of halogens is 1. The van der Waals surface area contributed by atoms with Crippen molar-refractivity contribution in [1.29, 1.82) is 0 Å². The van der Waals surface area contributed by atoms with E-state index in [1.807, 2.05) is 12.1 Å². The Balaban J connectivity index is 1.76. The van der Waals surface area contributed by atoms with E-state index in [2.05, 4.69) is 10.2 Å². The molecule has 1 aromatic carbocycles. The second kappa shape index (κ2) is 5.25. The first-order valence-electron chi connectivity index (χ1n) is 6.49. The highest BCUT2D eigenvalue weighted by Crippen LogP contribution is 2.28. The van der Waals surface area contributed by atoms with Crippen molar-refractivity contribution in [2.75, 3.05) is 0 Å². The van der Waals surface area contributed by atoms with Crippen molar-refractivity contribution in [2.45, 2.75) is 32.4 Å². The van der Waals surface area contributed by atoms with Gasteiger partial charge < -0.3 is 9.32 Å². The van der Waals surface area contributed by atoms with Crippen LogP contribution < -0.4 is 0 Å². The SMILES string of the molecule is CC(=O)N(Cc1nnc(-c2ccc(Cl)cc2)o1)C1CC1. The Bertz CT molecular complexity index is 620. The van der Waals surface area contributed by atoms with Crippen molar-refractivity contribution in [2.24, 2.45) is 0 Å². The van der Waals surface area contributed by atoms with Crippen LogP contribution in [-0.2, 0) is 11.3 Å². The van der Waals surface area contributed by atoms with Crippen molar-refractivity contribution in [3.8, 4) is 11.5 Å². The van der Waals surface area contributed by atoms with Gasteiger partial charge in [-0.15, -0.1) is 10.2 Å². The highest BCUT2D eigenvalue weighted by atomic mass is 35.5. The normalized spacial score (nSPS) is 14.3. The third-order valence-electron chi connectivity index (χ3n) is 3.26. The largest absolute Gasteiger partial charge is 0.419 e. The van der Waals surface area contributed by atoms with Gasteiger partial charge in [-0.2, -0.15) is 0 Å². The van der Waals surface area contributed by atoms with Crippen LogP contribution in [0.1, 0.15) is 25.7 Å². The topological polar surface area (TPSA) is 59.2 Å². The monoisotopic (exact) mass is 291 g/mol. The highest BCUT2D eigenvalue weighted by molar-refractivity contribution is 6.30. The number of nitrogens with zero attached hydrogens (tertiary/aromatic N) is 3. The van der Waals surface area contributed by atoms with Crippen LogP contribution in [0.2, 0.25) is 5.02 Å². The summed E-state index contributed by atoms with van der Waals surface area (Å²) < 4.78 is 5.61. The van der Waals surface area contributed by atoms with Crippen LogP contribution in [-0.4, -0.2) is 27.0 Å². The second-order valence-electron chi connectivity index (χ2n) is 4.89. The molecular weight excluding hydrogens is 278 g/mol. The van der Waals surface area contributed by atoms with Crippen molar-refractivity contribution < 1.29 is 9.21 Å². The smallest absolute Gasteiger partial charge is 0.247 e. The number of benzene rings is 1. The molecule has 0 N–H and O–H groups in total. The van der Waals surface area contributed by atoms with E-state index in [1.165, 1.54) is 0 Å². The molecule has 2 aromatic rings. The Kier molecular flexibility index (Phi) is 3.44. The van der Waals surface area contributed by atoms with Crippen LogP contribution in [0, 0.1) is 0 Å². The fourth-order valence-electron chi connectivity index (χ4n) is 2.06. The summed E-state index contributed by atoms with van der Waals surface area (Å²) in [6.45, 7) is 1.94. The average Bonchev–Trinajstić information content (AvgIpc) is 3.15. The van der Waals surface area contributed by atoms with Gasteiger partial charge in [0.25, 0.3) is 0 Å². The zero-order valence-corrected chi connectivity index (χ0v) is 11.8.